The first kappa shape index (κ1) is 29.8. The second kappa shape index (κ2) is 20.6. The highest BCUT2D eigenvalue weighted by atomic mass is 16.5. The highest BCUT2D eigenvalue weighted by Crippen LogP contribution is 2.10. The summed E-state index contributed by atoms with van der Waals surface area (Å²) in [5.41, 5.74) is 0. The highest BCUT2D eigenvalue weighted by molar-refractivity contribution is 5.69. The van der Waals surface area contributed by atoms with Gasteiger partial charge in [0, 0.05) is 6.42 Å². The zero-order chi connectivity index (χ0) is 23.3. The van der Waals surface area contributed by atoms with E-state index in [2.05, 4.69) is 31.2 Å². The summed E-state index contributed by atoms with van der Waals surface area (Å²) < 4.78 is 4.89. The van der Waals surface area contributed by atoms with Gasteiger partial charge in [-0.15, -0.1) is 0 Å². The van der Waals surface area contributed by atoms with Crippen molar-refractivity contribution in [2.75, 3.05) is 13.2 Å². The fourth-order valence-corrected chi connectivity index (χ4v) is 2.99. The first-order valence-electron chi connectivity index (χ1n) is 11.7. The Morgan fingerprint density at radius 3 is 1.94 bits per heavy atom. The lowest BCUT2D eigenvalue weighted by Gasteiger charge is -2.25. The summed E-state index contributed by atoms with van der Waals surface area (Å²) in [6, 6.07) is 0. The van der Waals surface area contributed by atoms with Gasteiger partial charge in [0.25, 0.3) is 0 Å². The van der Waals surface area contributed by atoms with Gasteiger partial charge in [-0.05, 0) is 38.5 Å². The molecule has 0 saturated heterocycles. The first-order valence-corrected chi connectivity index (χ1v) is 11.7. The van der Waals surface area contributed by atoms with Gasteiger partial charge in [-0.2, -0.15) is 0 Å². The summed E-state index contributed by atoms with van der Waals surface area (Å²) in [5, 5.41) is 46.8. The number of rotatable bonds is 20. The van der Waals surface area contributed by atoms with Gasteiger partial charge < -0.3 is 30.3 Å². The van der Waals surface area contributed by atoms with E-state index in [1.165, 1.54) is 25.7 Å². The molecule has 0 heterocycles. The number of hydrogen-bond acceptors (Lipinski definition) is 7. The van der Waals surface area contributed by atoms with Crippen LogP contribution in [0.1, 0.15) is 84.0 Å². The molecule has 0 spiro atoms. The summed E-state index contributed by atoms with van der Waals surface area (Å²) in [6.07, 6.45) is 14.6. The predicted octanol–water partition coefficient (Wildman–Crippen LogP) is 2.78. The normalized spacial score (nSPS) is 15.9. The van der Waals surface area contributed by atoms with Crippen molar-refractivity contribution in [2.45, 2.75) is 108 Å². The molecular weight excluding hydrogens is 400 g/mol. The molecule has 5 N–H and O–H groups in total. The van der Waals surface area contributed by atoms with Crippen molar-refractivity contribution in [3.63, 3.8) is 0 Å². The van der Waals surface area contributed by atoms with Gasteiger partial charge in [0.15, 0.2) is 0 Å². The highest BCUT2D eigenvalue weighted by Gasteiger charge is 2.30. The van der Waals surface area contributed by atoms with Crippen LogP contribution in [0.3, 0.4) is 0 Å². The molecule has 0 amide bonds. The number of hydrogen-bond donors (Lipinski definition) is 5. The Bertz CT molecular complexity index is 479. The molecule has 0 aliphatic rings. The molecule has 0 aliphatic heterocycles. The van der Waals surface area contributed by atoms with E-state index < -0.39 is 43.6 Å². The molecule has 0 aromatic heterocycles. The third-order valence-corrected chi connectivity index (χ3v) is 5.07. The smallest absolute Gasteiger partial charge is 0.305 e. The molecule has 4 atom stereocenters. The molecule has 31 heavy (non-hydrogen) atoms. The molecule has 0 radical (unpaired) electrons. The first-order chi connectivity index (χ1) is 14.9. The van der Waals surface area contributed by atoms with E-state index >= 15 is 0 Å². The fourth-order valence-electron chi connectivity index (χ4n) is 2.99. The Balaban J connectivity index is 3.60. The van der Waals surface area contributed by atoms with Crippen LogP contribution >= 0.6 is 0 Å². The molecule has 0 bridgehead atoms. The van der Waals surface area contributed by atoms with Crippen LogP contribution in [0.4, 0.5) is 0 Å². The zero-order valence-electron chi connectivity index (χ0n) is 19.1. The molecular formula is C24H44O7. The van der Waals surface area contributed by atoms with E-state index in [1.807, 2.05) is 0 Å². The van der Waals surface area contributed by atoms with Crippen molar-refractivity contribution >= 4 is 5.97 Å². The number of ether oxygens (including phenoxy) is 1. The topological polar surface area (TPSA) is 127 Å². The van der Waals surface area contributed by atoms with E-state index in [9.17, 15) is 25.2 Å². The lowest BCUT2D eigenvalue weighted by atomic mass is 10.0. The van der Waals surface area contributed by atoms with E-state index in [4.69, 9.17) is 9.84 Å². The van der Waals surface area contributed by atoms with E-state index in [1.54, 1.807) is 0 Å². The largest absolute Gasteiger partial charge is 0.463 e. The molecule has 0 fully saturated rings. The van der Waals surface area contributed by atoms with Gasteiger partial charge in [0.05, 0.1) is 6.61 Å². The van der Waals surface area contributed by atoms with Crippen LogP contribution in [0.2, 0.25) is 0 Å². The van der Waals surface area contributed by atoms with Crippen molar-refractivity contribution in [1.29, 1.82) is 0 Å². The van der Waals surface area contributed by atoms with Crippen LogP contribution in [0.25, 0.3) is 0 Å². The van der Waals surface area contributed by atoms with Crippen molar-refractivity contribution in [3.05, 3.63) is 24.3 Å². The van der Waals surface area contributed by atoms with Crippen molar-refractivity contribution in [1.82, 2.24) is 0 Å². The molecule has 0 aromatic carbocycles. The van der Waals surface area contributed by atoms with Gasteiger partial charge >= 0.3 is 5.97 Å². The van der Waals surface area contributed by atoms with Crippen LogP contribution < -0.4 is 0 Å². The van der Waals surface area contributed by atoms with Gasteiger partial charge in [-0.1, -0.05) is 63.3 Å². The molecule has 7 nitrogen and oxygen atoms in total. The lowest BCUT2D eigenvalue weighted by Crippen LogP contribution is -2.47. The van der Waals surface area contributed by atoms with Crippen LogP contribution in [0, 0.1) is 0 Å². The van der Waals surface area contributed by atoms with Crippen LogP contribution in [-0.2, 0) is 9.53 Å². The Kier molecular flexibility index (Phi) is 19.8. The Morgan fingerprint density at radius 2 is 1.32 bits per heavy atom. The maximum Gasteiger partial charge on any atom is 0.305 e. The van der Waals surface area contributed by atoms with Crippen LogP contribution in [-0.4, -0.2) is 69.1 Å². The van der Waals surface area contributed by atoms with Crippen molar-refractivity contribution in [2.24, 2.45) is 0 Å². The number of esters is 1. The number of allylic oxidation sites excluding steroid dienone is 4. The second-order valence-electron chi connectivity index (χ2n) is 7.96. The van der Waals surface area contributed by atoms with E-state index in [0.717, 1.165) is 38.5 Å². The van der Waals surface area contributed by atoms with Gasteiger partial charge in [-0.25, -0.2) is 0 Å². The lowest BCUT2D eigenvalue weighted by molar-refractivity contribution is -0.156. The number of unbranched alkanes of at least 4 members (excludes halogenated alkanes) is 8. The Hall–Kier alpha value is -1.25. The number of aliphatic hydroxyl groups is 5. The molecule has 0 aliphatic carbocycles. The maximum atomic E-state index is 11.7. The standard InChI is InChI=1S/C24H44O7/c1-2-3-4-5-6-7-8-9-10-11-12-13-14-15-16-17-22(28)31-19-21(27)24(30)23(29)20(26)18-25/h6-7,9-10,20-21,23-27,29-30H,2-5,8,11-19H2,1H3/b7-6-,10-9-/t20-,21-,23-,24+/m1/s1. The summed E-state index contributed by atoms with van der Waals surface area (Å²) in [6.45, 7) is 0.985. The van der Waals surface area contributed by atoms with Gasteiger partial charge in [-0.3, -0.25) is 4.79 Å². The van der Waals surface area contributed by atoms with E-state index in [-0.39, 0.29) is 6.42 Å². The Morgan fingerprint density at radius 1 is 0.774 bits per heavy atom. The summed E-state index contributed by atoms with van der Waals surface area (Å²) in [4.78, 5) is 11.7. The summed E-state index contributed by atoms with van der Waals surface area (Å²) >= 11 is 0. The molecule has 0 saturated carbocycles. The number of carbonyl (C=O) groups is 1. The molecule has 0 rings (SSSR count). The molecule has 0 aromatic rings. The summed E-state index contributed by atoms with van der Waals surface area (Å²) in [5.74, 6) is -0.478. The van der Waals surface area contributed by atoms with Crippen molar-refractivity contribution in [3.8, 4) is 0 Å². The second-order valence-corrected chi connectivity index (χ2v) is 7.96. The molecule has 0 unspecified atom stereocenters. The predicted molar refractivity (Wildman–Crippen MR) is 121 cm³/mol. The minimum absolute atomic E-state index is 0.231. The van der Waals surface area contributed by atoms with Crippen LogP contribution in [0.5, 0.6) is 0 Å². The monoisotopic (exact) mass is 444 g/mol. The third kappa shape index (κ3) is 17.0. The van der Waals surface area contributed by atoms with Crippen LogP contribution in [0.15, 0.2) is 24.3 Å². The van der Waals surface area contributed by atoms with Gasteiger partial charge in [0.2, 0.25) is 0 Å². The fraction of sp³-hybridized carbons (Fsp3) is 0.792. The summed E-state index contributed by atoms with van der Waals surface area (Å²) in [7, 11) is 0. The SMILES string of the molecule is CCCCC/C=C\C/C=C\CCCCCCCC(=O)OC[C@@H](O)[C@H](O)[C@H](O)[C@H](O)CO. The van der Waals surface area contributed by atoms with Crippen molar-refractivity contribution < 1.29 is 35.1 Å². The third-order valence-electron chi connectivity index (χ3n) is 5.07. The maximum absolute atomic E-state index is 11.7. The average Bonchev–Trinajstić information content (AvgIpc) is 2.78. The average molecular weight is 445 g/mol. The van der Waals surface area contributed by atoms with E-state index in [0.29, 0.717) is 6.42 Å². The Labute approximate surface area is 187 Å². The zero-order valence-corrected chi connectivity index (χ0v) is 19.1. The molecule has 182 valence electrons. The minimum Gasteiger partial charge on any atom is -0.463 e. The quantitative estimate of drug-likeness (QED) is 0.111. The number of carbonyl (C=O) groups excluding carboxylic acids is 1. The number of aliphatic hydroxyl groups excluding tert-OH is 5. The minimum atomic E-state index is -1.72. The molecule has 7 heteroatoms. The van der Waals surface area contributed by atoms with Gasteiger partial charge in [0.1, 0.15) is 31.0 Å².